The lowest BCUT2D eigenvalue weighted by molar-refractivity contribution is -0.122. The first kappa shape index (κ1) is 21.3. The van der Waals surface area contributed by atoms with Crippen molar-refractivity contribution in [1.29, 1.82) is 0 Å². The first-order chi connectivity index (χ1) is 15.2. The van der Waals surface area contributed by atoms with Crippen LogP contribution in [0.2, 0.25) is 0 Å². The molecule has 1 aliphatic carbocycles. The molecule has 0 saturated carbocycles. The van der Waals surface area contributed by atoms with Crippen LogP contribution in [0.25, 0.3) is 10.9 Å². The highest BCUT2D eigenvalue weighted by Gasteiger charge is 2.18. The van der Waals surface area contributed by atoms with Crippen LogP contribution in [0.3, 0.4) is 0 Å². The summed E-state index contributed by atoms with van der Waals surface area (Å²) in [4.78, 5) is 17.2. The van der Waals surface area contributed by atoms with E-state index in [9.17, 15) is 4.79 Å². The molecule has 4 N–H and O–H groups in total. The van der Waals surface area contributed by atoms with E-state index in [1.165, 1.54) is 35.2 Å². The average Bonchev–Trinajstić information content (AvgIpc) is 2.81. The number of hydrogen-bond acceptors (Lipinski definition) is 4. The smallest absolute Gasteiger partial charge is 0.237 e. The molecule has 0 bridgehead atoms. The molecule has 1 amide bonds. The maximum absolute atomic E-state index is 12.2. The standard InChI is InChI=1S/C26H32N4O/c27-22(18-19-10-2-1-3-11-19)26(31)29-17-9-8-16-28-25-20-12-4-6-14-23(20)30-24-15-7-5-13-21(24)25/h1-4,6,10-12,14,22H,5,7-9,13,15-18,27H2,(H,28,30)(H,29,31)/t22-/m0/s1. The number of unbranched alkanes of at least 4 members (excludes halogenated alkanes) is 1. The summed E-state index contributed by atoms with van der Waals surface area (Å²) in [6.07, 6.45) is 7.10. The van der Waals surface area contributed by atoms with Gasteiger partial charge in [-0.25, -0.2) is 0 Å². The molecule has 5 heteroatoms. The van der Waals surface area contributed by atoms with Crippen molar-refractivity contribution in [3.63, 3.8) is 0 Å². The number of aryl methyl sites for hydroxylation is 1. The Morgan fingerprint density at radius 3 is 2.58 bits per heavy atom. The highest BCUT2D eigenvalue weighted by Crippen LogP contribution is 2.33. The molecule has 0 spiro atoms. The molecule has 1 atom stereocenters. The van der Waals surface area contributed by atoms with Gasteiger partial charge in [0.25, 0.3) is 0 Å². The molecule has 0 aliphatic heterocycles. The van der Waals surface area contributed by atoms with Gasteiger partial charge in [0.05, 0.1) is 11.6 Å². The van der Waals surface area contributed by atoms with Gasteiger partial charge in [0.2, 0.25) is 5.91 Å². The Bertz CT molecular complexity index is 1020. The zero-order chi connectivity index (χ0) is 21.5. The minimum absolute atomic E-state index is 0.0778. The van der Waals surface area contributed by atoms with E-state index in [1.54, 1.807) is 0 Å². The van der Waals surface area contributed by atoms with Crippen molar-refractivity contribution in [3.8, 4) is 0 Å². The highest BCUT2D eigenvalue weighted by atomic mass is 16.2. The van der Waals surface area contributed by atoms with Crippen LogP contribution in [0, 0.1) is 0 Å². The molecule has 0 radical (unpaired) electrons. The summed E-state index contributed by atoms with van der Waals surface area (Å²) < 4.78 is 0. The molecule has 1 heterocycles. The van der Waals surface area contributed by atoms with E-state index in [0.29, 0.717) is 13.0 Å². The summed E-state index contributed by atoms with van der Waals surface area (Å²) in [7, 11) is 0. The summed E-state index contributed by atoms with van der Waals surface area (Å²) in [6, 6.07) is 17.8. The number of pyridine rings is 1. The molecule has 4 rings (SSSR count). The van der Waals surface area contributed by atoms with Crippen molar-refractivity contribution < 1.29 is 4.79 Å². The van der Waals surface area contributed by atoms with Gasteiger partial charge in [-0.15, -0.1) is 0 Å². The van der Waals surface area contributed by atoms with Gasteiger partial charge in [-0.3, -0.25) is 9.78 Å². The Morgan fingerprint density at radius 1 is 0.968 bits per heavy atom. The molecule has 0 saturated heterocycles. The molecular weight excluding hydrogens is 384 g/mol. The Labute approximate surface area is 184 Å². The maximum Gasteiger partial charge on any atom is 0.237 e. The molecular formula is C26H32N4O. The van der Waals surface area contributed by atoms with Gasteiger partial charge in [-0.05, 0) is 62.1 Å². The lowest BCUT2D eigenvalue weighted by Gasteiger charge is -2.21. The zero-order valence-corrected chi connectivity index (χ0v) is 18.1. The number of fused-ring (bicyclic) bond motifs is 2. The fourth-order valence-corrected chi connectivity index (χ4v) is 4.34. The first-order valence-corrected chi connectivity index (χ1v) is 11.4. The van der Waals surface area contributed by atoms with Crippen LogP contribution in [0.1, 0.15) is 42.5 Å². The number of rotatable bonds is 9. The molecule has 5 nitrogen and oxygen atoms in total. The van der Waals surface area contributed by atoms with Crippen LogP contribution in [-0.4, -0.2) is 30.0 Å². The Kier molecular flexibility index (Phi) is 7.15. The van der Waals surface area contributed by atoms with Gasteiger partial charge in [0.15, 0.2) is 0 Å². The van der Waals surface area contributed by atoms with Crippen LogP contribution < -0.4 is 16.4 Å². The third kappa shape index (κ3) is 5.42. The number of benzene rings is 2. The highest BCUT2D eigenvalue weighted by molar-refractivity contribution is 5.93. The van der Waals surface area contributed by atoms with Gasteiger partial charge < -0.3 is 16.4 Å². The Balaban J connectivity index is 1.25. The van der Waals surface area contributed by atoms with E-state index >= 15 is 0 Å². The summed E-state index contributed by atoms with van der Waals surface area (Å²) in [5.74, 6) is -0.0778. The van der Waals surface area contributed by atoms with Crippen LogP contribution in [0.4, 0.5) is 5.69 Å². The second kappa shape index (κ2) is 10.4. The fourth-order valence-electron chi connectivity index (χ4n) is 4.34. The average molecular weight is 417 g/mol. The normalized spacial score (nSPS) is 14.1. The molecule has 31 heavy (non-hydrogen) atoms. The molecule has 3 aromatic rings. The second-order valence-electron chi connectivity index (χ2n) is 8.36. The summed E-state index contributed by atoms with van der Waals surface area (Å²) >= 11 is 0. The predicted molar refractivity (Wildman–Crippen MR) is 127 cm³/mol. The monoisotopic (exact) mass is 416 g/mol. The molecule has 0 unspecified atom stereocenters. The maximum atomic E-state index is 12.2. The summed E-state index contributed by atoms with van der Waals surface area (Å²) in [5, 5.41) is 7.87. The number of nitrogens with one attached hydrogen (secondary N) is 2. The predicted octanol–water partition coefficient (Wildman–Crippen LogP) is 3.99. The van der Waals surface area contributed by atoms with E-state index in [-0.39, 0.29) is 5.91 Å². The number of hydrogen-bond donors (Lipinski definition) is 3. The van der Waals surface area contributed by atoms with Crippen molar-refractivity contribution in [1.82, 2.24) is 10.3 Å². The minimum Gasteiger partial charge on any atom is -0.384 e. The minimum atomic E-state index is -0.504. The van der Waals surface area contributed by atoms with Crippen LogP contribution in [-0.2, 0) is 24.1 Å². The molecule has 1 aliphatic rings. The van der Waals surface area contributed by atoms with Gasteiger partial charge >= 0.3 is 0 Å². The van der Waals surface area contributed by atoms with Gasteiger partial charge in [-0.1, -0.05) is 48.5 Å². The quantitative estimate of drug-likeness (QED) is 0.461. The second-order valence-corrected chi connectivity index (χ2v) is 8.36. The van der Waals surface area contributed by atoms with Crippen LogP contribution >= 0.6 is 0 Å². The van der Waals surface area contributed by atoms with Gasteiger partial charge in [-0.2, -0.15) is 0 Å². The lowest BCUT2D eigenvalue weighted by atomic mass is 9.92. The zero-order valence-electron chi connectivity index (χ0n) is 18.1. The van der Waals surface area contributed by atoms with Gasteiger partial charge in [0.1, 0.15) is 0 Å². The first-order valence-electron chi connectivity index (χ1n) is 11.4. The van der Waals surface area contributed by atoms with Crippen molar-refractivity contribution >= 4 is 22.5 Å². The molecule has 0 fully saturated rings. The number of carbonyl (C=O) groups excluding carboxylic acids is 1. The number of nitrogens with zero attached hydrogens (tertiary/aromatic N) is 1. The number of para-hydroxylation sites is 1. The molecule has 2 aromatic carbocycles. The van der Waals surface area contributed by atoms with E-state index in [4.69, 9.17) is 10.7 Å². The van der Waals surface area contributed by atoms with E-state index in [1.807, 2.05) is 30.3 Å². The Morgan fingerprint density at radius 2 is 1.71 bits per heavy atom. The van der Waals surface area contributed by atoms with E-state index in [0.717, 1.165) is 43.3 Å². The number of anilines is 1. The third-order valence-electron chi connectivity index (χ3n) is 6.01. The largest absolute Gasteiger partial charge is 0.384 e. The van der Waals surface area contributed by atoms with E-state index in [2.05, 4.69) is 34.9 Å². The van der Waals surface area contributed by atoms with E-state index < -0.39 is 6.04 Å². The third-order valence-corrected chi connectivity index (χ3v) is 6.01. The fraction of sp³-hybridized carbons (Fsp3) is 0.385. The summed E-state index contributed by atoms with van der Waals surface area (Å²) in [5.41, 5.74) is 12.1. The van der Waals surface area contributed by atoms with Crippen molar-refractivity contribution in [2.24, 2.45) is 5.73 Å². The van der Waals surface area contributed by atoms with Crippen molar-refractivity contribution in [3.05, 3.63) is 71.4 Å². The lowest BCUT2D eigenvalue weighted by Crippen LogP contribution is -2.42. The number of amides is 1. The number of aromatic nitrogens is 1. The topological polar surface area (TPSA) is 80.0 Å². The van der Waals surface area contributed by atoms with Crippen LogP contribution in [0.15, 0.2) is 54.6 Å². The van der Waals surface area contributed by atoms with Crippen molar-refractivity contribution in [2.75, 3.05) is 18.4 Å². The van der Waals surface area contributed by atoms with Crippen molar-refractivity contribution in [2.45, 2.75) is 51.0 Å². The number of carbonyl (C=O) groups is 1. The SMILES string of the molecule is N[C@@H](Cc1ccccc1)C(=O)NCCCCNc1c2c(nc3ccccc13)CCCC2. The molecule has 162 valence electrons. The van der Waals surface area contributed by atoms with Crippen LogP contribution in [0.5, 0.6) is 0 Å². The number of nitrogens with two attached hydrogens (primary N) is 1. The Hall–Kier alpha value is -2.92. The summed E-state index contributed by atoms with van der Waals surface area (Å²) in [6.45, 7) is 1.53. The molecule has 1 aromatic heterocycles. The van der Waals surface area contributed by atoms with Gasteiger partial charge in [0, 0.05) is 29.9 Å².